The largest absolute Gasteiger partial charge is 0.469 e. The van der Waals surface area contributed by atoms with Crippen molar-refractivity contribution < 1.29 is 58.4 Å². The van der Waals surface area contributed by atoms with Gasteiger partial charge >= 0.3 is 11.9 Å². The molecule has 14 nitrogen and oxygen atoms in total. The summed E-state index contributed by atoms with van der Waals surface area (Å²) in [5, 5.41) is 38.9. The monoisotopic (exact) mass is 670 g/mol. The molecule has 0 aliphatic rings. The third-order valence-electron chi connectivity index (χ3n) is 5.88. The number of nitrogens with one attached hydrogen (secondary N) is 1. The molecule has 268 valence electrons. The molecule has 0 radical (unpaired) electrons. The molecular weight excluding hydrogens is 616 g/mol. The highest BCUT2D eigenvalue weighted by atomic mass is 16.5. The lowest BCUT2D eigenvalue weighted by molar-refractivity contribution is -0.142. The SMILES string of the molecule is CCCOCCOCCOCCC(=O)OC.COC(=O)CCOCCNc1cc(CO)cc(CO)c1.Nc1cc(CO)cc(CO)c1. The third-order valence-corrected chi connectivity index (χ3v) is 5.88. The zero-order chi connectivity index (χ0) is 35.1. The van der Waals surface area contributed by atoms with E-state index in [-0.39, 0.29) is 51.2 Å². The lowest BCUT2D eigenvalue weighted by Gasteiger charge is -2.10. The smallest absolute Gasteiger partial charge is 0.307 e. The molecule has 0 spiro atoms. The number of rotatable bonds is 22. The number of carbonyl (C=O) groups excluding carboxylic acids is 2. The van der Waals surface area contributed by atoms with Crippen molar-refractivity contribution in [3.05, 3.63) is 58.7 Å². The number of aliphatic hydroxyl groups is 4. The van der Waals surface area contributed by atoms with Gasteiger partial charge in [0, 0.05) is 24.5 Å². The minimum Gasteiger partial charge on any atom is -0.469 e. The Kier molecular flexibility index (Phi) is 27.9. The molecule has 0 fully saturated rings. The molecular formula is C33H54N2O12. The predicted molar refractivity (Wildman–Crippen MR) is 176 cm³/mol. The van der Waals surface area contributed by atoms with Crippen LogP contribution in [0.4, 0.5) is 11.4 Å². The van der Waals surface area contributed by atoms with Crippen LogP contribution in [0.5, 0.6) is 0 Å². The second-order valence-corrected chi connectivity index (χ2v) is 9.78. The van der Waals surface area contributed by atoms with Gasteiger partial charge in [0.25, 0.3) is 0 Å². The van der Waals surface area contributed by atoms with Gasteiger partial charge in [-0.15, -0.1) is 0 Å². The van der Waals surface area contributed by atoms with Crippen molar-refractivity contribution >= 4 is 23.3 Å². The topological polar surface area (TPSA) is 208 Å². The Balaban J connectivity index is 0.000000704. The number of ether oxygens (including phenoxy) is 6. The highest BCUT2D eigenvalue weighted by Gasteiger charge is 2.02. The highest BCUT2D eigenvalue weighted by Crippen LogP contribution is 2.15. The number of hydrogen-bond acceptors (Lipinski definition) is 14. The van der Waals surface area contributed by atoms with Gasteiger partial charge in [-0.05, 0) is 52.9 Å². The van der Waals surface area contributed by atoms with Crippen LogP contribution in [-0.2, 0) is 64.4 Å². The number of benzene rings is 2. The van der Waals surface area contributed by atoms with E-state index in [0.717, 1.165) is 41.0 Å². The highest BCUT2D eigenvalue weighted by molar-refractivity contribution is 5.69. The molecule has 0 atom stereocenters. The van der Waals surface area contributed by atoms with E-state index in [1.54, 1.807) is 24.3 Å². The van der Waals surface area contributed by atoms with E-state index in [0.29, 0.717) is 58.5 Å². The average molecular weight is 671 g/mol. The summed E-state index contributed by atoms with van der Waals surface area (Å²) in [4.78, 5) is 21.5. The number of aliphatic hydroxyl groups excluding tert-OH is 4. The number of nitrogen functional groups attached to an aromatic ring is 1. The summed E-state index contributed by atoms with van der Waals surface area (Å²) in [5.74, 6) is -0.546. The van der Waals surface area contributed by atoms with Crippen LogP contribution < -0.4 is 11.1 Å². The lowest BCUT2D eigenvalue weighted by Crippen LogP contribution is -2.12. The minimum atomic E-state index is -0.291. The summed E-state index contributed by atoms with van der Waals surface area (Å²) < 4.78 is 29.9. The molecule has 0 aromatic heterocycles. The minimum absolute atomic E-state index is 0.0436. The van der Waals surface area contributed by atoms with E-state index in [1.807, 2.05) is 12.1 Å². The van der Waals surface area contributed by atoms with Crippen LogP contribution in [0.25, 0.3) is 0 Å². The molecule has 0 heterocycles. The van der Waals surface area contributed by atoms with E-state index < -0.39 is 0 Å². The van der Waals surface area contributed by atoms with Crippen LogP contribution in [0.2, 0.25) is 0 Å². The van der Waals surface area contributed by atoms with Crippen LogP contribution >= 0.6 is 0 Å². The Bertz CT molecular complexity index is 1040. The van der Waals surface area contributed by atoms with Gasteiger partial charge < -0.3 is 59.9 Å². The molecule has 0 unspecified atom stereocenters. The van der Waals surface area contributed by atoms with E-state index >= 15 is 0 Å². The first kappa shape index (κ1) is 43.7. The fourth-order valence-corrected chi connectivity index (χ4v) is 3.59. The Labute approximate surface area is 277 Å². The standard InChI is InChI=1S/C14H21NO5.C11H22O5.C8H11NO2/c1-19-14(18)2-4-20-5-3-15-13-7-11(9-16)6-12(8-13)10-17;1-3-5-14-7-9-16-10-8-15-6-4-11(12)13-2;9-8-2-6(4-10)1-7(3-8)5-11/h6-8,15-17H,2-5,9-10H2,1H3;3-10H2,1-2H3;1-3,10-11H,4-5,9H2. The first-order chi connectivity index (χ1) is 22.8. The fourth-order valence-electron chi connectivity index (χ4n) is 3.59. The second-order valence-electron chi connectivity index (χ2n) is 9.78. The molecule has 0 bridgehead atoms. The van der Waals surface area contributed by atoms with E-state index in [9.17, 15) is 9.59 Å². The Hall–Kier alpha value is -3.34. The molecule has 2 aromatic rings. The van der Waals surface area contributed by atoms with Crippen molar-refractivity contribution in [2.45, 2.75) is 52.6 Å². The van der Waals surface area contributed by atoms with Crippen molar-refractivity contribution in [1.29, 1.82) is 0 Å². The van der Waals surface area contributed by atoms with Crippen molar-refractivity contribution in [3.8, 4) is 0 Å². The van der Waals surface area contributed by atoms with Gasteiger partial charge in [-0.1, -0.05) is 19.1 Å². The van der Waals surface area contributed by atoms with Gasteiger partial charge in [0.15, 0.2) is 0 Å². The number of methoxy groups -OCH3 is 2. The quantitative estimate of drug-likeness (QED) is 0.0601. The first-order valence-electron chi connectivity index (χ1n) is 15.4. The molecule has 0 aliphatic heterocycles. The molecule has 47 heavy (non-hydrogen) atoms. The van der Waals surface area contributed by atoms with Crippen LogP contribution in [0, 0.1) is 0 Å². The molecule has 0 saturated carbocycles. The summed E-state index contributed by atoms with van der Waals surface area (Å²) in [7, 11) is 2.71. The number of nitrogens with two attached hydrogens (primary N) is 1. The Morgan fingerprint density at radius 1 is 0.596 bits per heavy atom. The van der Waals surface area contributed by atoms with Crippen molar-refractivity contribution in [1.82, 2.24) is 0 Å². The zero-order valence-corrected chi connectivity index (χ0v) is 27.9. The third kappa shape index (κ3) is 24.5. The average Bonchev–Trinajstić information content (AvgIpc) is 3.10. The maximum atomic E-state index is 10.8. The van der Waals surface area contributed by atoms with Crippen LogP contribution in [-0.4, -0.2) is 106 Å². The summed E-state index contributed by atoms with van der Waals surface area (Å²) in [6.07, 6.45) is 1.55. The first-order valence-corrected chi connectivity index (χ1v) is 15.4. The van der Waals surface area contributed by atoms with Gasteiger partial charge in [-0.3, -0.25) is 9.59 Å². The van der Waals surface area contributed by atoms with Crippen molar-refractivity contribution in [2.24, 2.45) is 0 Å². The summed E-state index contributed by atoms with van der Waals surface area (Å²) in [6, 6.07) is 10.5. The second kappa shape index (κ2) is 30.0. The number of hydrogen-bond donors (Lipinski definition) is 6. The number of carbonyl (C=O) groups is 2. The number of anilines is 2. The molecule has 0 aliphatic carbocycles. The normalized spacial score (nSPS) is 10.3. The van der Waals surface area contributed by atoms with Gasteiger partial charge in [0.2, 0.25) is 0 Å². The van der Waals surface area contributed by atoms with Crippen molar-refractivity contribution in [3.63, 3.8) is 0 Å². The van der Waals surface area contributed by atoms with Gasteiger partial charge in [-0.2, -0.15) is 0 Å². The van der Waals surface area contributed by atoms with Crippen LogP contribution in [0.3, 0.4) is 0 Å². The molecule has 0 amide bonds. The van der Waals surface area contributed by atoms with Crippen LogP contribution in [0.15, 0.2) is 36.4 Å². The van der Waals surface area contributed by atoms with Gasteiger partial charge in [0.1, 0.15) is 0 Å². The van der Waals surface area contributed by atoms with Crippen molar-refractivity contribution in [2.75, 3.05) is 84.7 Å². The summed E-state index contributed by atoms with van der Waals surface area (Å²) in [5.41, 5.74) is 9.82. The van der Waals surface area contributed by atoms with E-state index in [1.165, 1.54) is 14.2 Å². The van der Waals surface area contributed by atoms with Crippen LogP contribution in [0.1, 0.15) is 48.4 Å². The lowest BCUT2D eigenvalue weighted by atomic mass is 10.1. The summed E-state index contributed by atoms with van der Waals surface area (Å²) >= 11 is 0. The maximum absolute atomic E-state index is 10.8. The van der Waals surface area contributed by atoms with E-state index in [4.69, 9.17) is 45.1 Å². The molecule has 7 N–H and O–H groups in total. The molecule has 14 heteroatoms. The van der Waals surface area contributed by atoms with E-state index in [2.05, 4.69) is 21.7 Å². The predicted octanol–water partition coefficient (Wildman–Crippen LogP) is 1.93. The zero-order valence-electron chi connectivity index (χ0n) is 27.9. The fraction of sp³-hybridized carbons (Fsp3) is 0.576. The molecule has 2 rings (SSSR count). The summed E-state index contributed by atoms with van der Waals surface area (Å²) in [6.45, 7) is 6.56. The van der Waals surface area contributed by atoms with Gasteiger partial charge in [-0.25, -0.2) is 0 Å². The Morgan fingerprint density at radius 3 is 1.38 bits per heavy atom. The molecule has 2 aromatic carbocycles. The van der Waals surface area contributed by atoms with Gasteiger partial charge in [0.05, 0.1) is 99.7 Å². The number of esters is 2. The maximum Gasteiger partial charge on any atom is 0.307 e. The Morgan fingerprint density at radius 2 is 0.979 bits per heavy atom. The molecule has 0 saturated heterocycles.